The first kappa shape index (κ1) is 14.8. The van der Waals surface area contributed by atoms with E-state index >= 15 is 0 Å². The Morgan fingerprint density at radius 1 is 1.29 bits per heavy atom. The zero-order valence-electron chi connectivity index (χ0n) is 10.8. The highest BCUT2D eigenvalue weighted by molar-refractivity contribution is 5.86. The third kappa shape index (κ3) is 2.93. The van der Waals surface area contributed by atoms with Gasteiger partial charge in [0.25, 0.3) is 0 Å². The Morgan fingerprint density at radius 3 is 2.48 bits per heavy atom. The highest BCUT2D eigenvalue weighted by Crippen LogP contribution is 2.18. The maximum Gasteiger partial charge on any atom is 0.362 e. The number of hydrogen-bond donors (Lipinski definition) is 0. The number of nitrogens with zero attached hydrogens (tertiary/aromatic N) is 2. The van der Waals surface area contributed by atoms with Gasteiger partial charge in [0.15, 0.2) is 11.6 Å². The van der Waals surface area contributed by atoms with Crippen molar-refractivity contribution in [3.63, 3.8) is 0 Å². The van der Waals surface area contributed by atoms with Crippen molar-refractivity contribution in [2.24, 2.45) is 0 Å². The molecule has 0 N–H and O–H groups in total. The molecule has 5 nitrogen and oxygen atoms in total. The number of carbonyl (C=O) groups excluding carboxylic acids is 1. The lowest BCUT2D eigenvalue weighted by Crippen LogP contribution is -2.23. The van der Waals surface area contributed by atoms with E-state index in [-0.39, 0.29) is 6.61 Å². The summed E-state index contributed by atoms with van der Waals surface area (Å²) in [4.78, 5) is 23.0. The van der Waals surface area contributed by atoms with Crippen LogP contribution in [0.1, 0.15) is 17.4 Å². The molecule has 0 unspecified atom stereocenters. The standard InChI is InChI=1S/C13H9F3N2O3/c1-2-21-13(20)11-10(19)3-4-18(17-11)12-8(15)5-7(14)6-9(12)16/h3-6H,2H2,1H3. The summed E-state index contributed by atoms with van der Waals surface area (Å²) in [5.41, 5.74) is -2.09. The van der Waals surface area contributed by atoms with Gasteiger partial charge in [-0.25, -0.2) is 22.6 Å². The van der Waals surface area contributed by atoms with E-state index in [4.69, 9.17) is 0 Å². The van der Waals surface area contributed by atoms with Crippen LogP contribution in [0.2, 0.25) is 0 Å². The summed E-state index contributed by atoms with van der Waals surface area (Å²) < 4.78 is 45.4. The molecule has 0 aliphatic carbocycles. The van der Waals surface area contributed by atoms with E-state index < -0.39 is 40.2 Å². The number of halogens is 3. The molecule has 110 valence electrons. The number of benzene rings is 1. The molecular weight excluding hydrogens is 289 g/mol. The zero-order valence-corrected chi connectivity index (χ0v) is 10.8. The van der Waals surface area contributed by atoms with Gasteiger partial charge in [0, 0.05) is 24.4 Å². The van der Waals surface area contributed by atoms with E-state index in [9.17, 15) is 22.8 Å². The Balaban J connectivity index is 2.59. The summed E-state index contributed by atoms with van der Waals surface area (Å²) in [5, 5.41) is 3.54. The molecule has 0 saturated carbocycles. The normalized spacial score (nSPS) is 10.5. The lowest BCUT2D eigenvalue weighted by molar-refractivity contribution is 0.0515. The molecule has 1 heterocycles. The summed E-state index contributed by atoms with van der Waals surface area (Å²) in [5.74, 6) is -4.56. The predicted molar refractivity (Wildman–Crippen MR) is 65.7 cm³/mol. The lowest BCUT2D eigenvalue weighted by atomic mass is 10.2. The molecule has 1 aromatic heterocycles. The van der Waals surface area contributed by atoms with Crippen molar-refractivity contribution in [2.45, 2.75) is 6.92 Å². The first-order chi connectivity index (χ1) is 9.93. The number of ether oxygens (including phenoxy) is 1. The minimum Gasteiger partial charge on any atom is -0.461 e. The van der Waals surface area contributed by atoms with Gasteiger partial charge in [0.1, 0.15) is 11.5 Å². The maximum atomic E-state index is 13.6. The van der Waals surface area contributed by atoms with Crippen LogP contribution in [0.15, 0.2) is 29.2 Å². The van der Waals surface area contributed by atoms with Crippen molar-refractivity contribution in [1.82, 2.24) is 9.78 Å². The molecular formula is C13H9F3N2O3. The summed E-state index contributed by atoms with van der Waals surface area (Å²) in [6.07, 6.45) is 0.963. The fourth-order valence-electron chi connectivity index (χ4n) is 1.63. The van der Waals surface area contributed by atoms with Crippen LogP contribution < -0.4 is 5.43 Å². The average Bonchev–Trinajstić information content (AvgIpc) is 2.39. The summed E-state index contributed by atoms with van der Waals surface area (Å²) >= 11 is 0. The summed E-state index contributed by atoms with van der Waals surface area (Å²) in [6, 6.07) is 1.83. The van der Waals surface area contributed by atoms with Crippen molar-refractivity contribution in [3.8, 4) is 5.69 Å². The van der Waals surface area contributed by atoms with E-state index in [1.807, 2.05) is 0 Å². The molecule has 2 rings (SSSR count). The van der Waals surface area contributed by atoms with Gasteiger partial charge >= 0.3 is 5.97 Å². The minimum atomic E-state index is -1.22. The van der Waals surface area contributed by atoms with Crippen molar-refractivity contribution in [2.75, 3.05) is 6.61 Å². The van der Waals surface area contributed by atoms with Crippen LogP contribution in [0, 0.1) is 17.5 Å². The second-order valence-electron chi connectivity index (χ2n) is 3.91. The van der Waals surface area contributed by atoms with E-state index in [0.29, 0.717) is 16.8 Å². The number of hydrogen-bond acceptors (Lipinski definition) is 4. The quantitative estimate of drug-likeness (QED) is 0.811. The van der Waals surface area contributed by atoms with Crippen LogP contribution in [0.25, 0.3) is 5.69 Å². The van der Waals surface area contributed by atoms with Gasteiger partial charge in [-0.3, -0.25) is 4.79 Å². The van der Waals surface area contributed by atoms with Crippen LogP contribution in [0.3, 0.4) is 0 Å². The second kappa shape index (κ2) is 5.78. The number of carbonyl (C=O) groups is 1. The fourth-order valence-corrected chi connectivity index (χ4v) is 1.63. The molecule has 2 aromatic rings. The molecule has 0 fully saturated rings. The van der Waals surface area contributed by atoms with Crippen molar-refractivity contribution < 1.29 is 22.7 Å². The zero-order chi connectivity index (χ0) is 15.6. The first-order valence-corrected chi connectivity index (χ1v) is 5.86. The molecule has 8 heteroatoms. The topological polar surface area (TPSA) is 61.2 Å². The smallest absolute Gasteiger partial charge is 0.362 e. The van der Waals surface area contributed by atoms with Crippen molar-refractivity contribution >= 4 is 5.97 Å². The third-order valence-electron chi connectivity index (χ3n) is 2.49. The molecule has 0 saturated heterocycles. The van der Waals surface area contributed by atoms with Crippen LogP contribution >= 0.6 is 0 Å². The Hall–Kier alpha value is -2.64. The molecule has 21 heavy (non-hydrogen) atoms. The Morgan fingerprint density at radius 2 is 1.90 bits per heavy atom. The molecule has 1 aromatic carbocycles. The highest BCUT2D eigenvalue weighted by atomic mass is 19.1. The first-order valence-electron chi connectivity index (χ1n) is 5.86. The average molecular weight is 298 g/mol. The Labute approximate surface area is 116 Å². The third-order valence-corrected chi connectivity index (χ3v) is 2.49. The van der Waals surface area contributed by atoms with Crippen LogP contribution in [0.4, 0.5) is 13.2 Å². The van der Waals surface area contributed by atoms with E-state index in [2.05, 4.69) is 9.84 Å². The van der Waals surface area contributed by atoms with Crippen LogP contribution in [0.5, 0.6) is 0 Å². The summed E-state index contributed by atoms with van der Waals surface area (Å²) in [7, 11) is 0. The fraction of sp³-hybridized carbons (Fsp3) is 0.154. The summed E-state index contributed by atoms with van der Waals surface area (Å²) in [6.45, 7) is 1.53. The number of esters is 1. The molecule has 0 bridgehead atoms. The van der Waals surface area contributed by atoms with Gasteiger partial charge in [-0.2, -0.15) is 5.10 Å². The largest absolute Gasteiger partial charge is 0.461 e. The van der Waals surface area contributed by atoms with E-state index in [0.717, 1.165) is 12.3 Å². The molecule has 0 radical (unpaired) electrons. The van der Waals surface area contributed by atoms with Crippen LogP contribution in [-0.2, 0) is 4.74 Å². The predicted octanol–water partition coefficient (Wildman–Crippen LogP) is 1.83. The number of aromatic nitrogens is 2. The Kier molecular flexibility index (Phi) is 4.06. The van der Waals surface area contributed by atoms with Gasteiger partial charge < -0.3 is 4.74 Å². The van der Waals surface area contributed by atoms with Crippen LogP contribution in [-0.4, -0.2) is 22.4 Å². The van der Waals surface area contributed by atoms with Gasteiger partial charge in [-0.1, -0.05) is 0 Å². The van der Waals surface area contributed by atoms with E-state index in [1.165, 1.54) is 6.92 Å². The SMILES string of the molecule is CCOC(=O)c1nn(-c2c(F)cc(F)cc2F)ccc1=O. The molecule has 0 atom stereocenters. The Bertz CT molecular complexity index is 736. The second-order valence-corrected chi connectivity index (χ2v) is 3.91. The number of rotatable bonds is 3. The molecule has 0 amide bonds. The van der Waals surface area contributed by atoms with Gasteiger partial charge in [-0.15, -0.1) is 0 Å². The molecule has 0 aliphatic rings. The van der Waals surface area contributed by atoms with Crippen molar-refractivity contribution in [1.29, 1.82) is 0 Å². The highest BCUT2D eigenvalue weighted by Gasteiger charge is 2.18. The van der Waals surface area contributed by atoms with Crippen molar-refractivity contribution in [3.05, 3.63) is 57.8 Å². The van der Waals surface area contributed by atoms with Gasteiger partial charge in [-0.05, 0) is 6.92 Å². The molecule has 0 aliphatic heterocycles. The minimum absolute atomic E-state index is 0.00805. The lowest BCUT2D eigenvalue weighted by Gasteiger charge is -2.09. The van der Waals surface area contributed by atoms with E-state index in [1.54, 1.807) is 0 Å². The van der Waals surface area contributed by atoms with Gasteiger partial charge in [0.2, 0.25) is 11.1 Å². The maximum absolute atomic E-state index is 13.6. The molecule has 0 spiro atoms. The van der Waals surface area contributed by atoms with Gasteiger partial charge in [0.05, 0.1) is 6.61 Å². The monoisotopic (exact) mass is 298 g/mol.